The molecular weight excluding hydrogens is 214 g/mol. The number of nitrogens with zero attached hydrogens (tertiary/aromatic N) is 1. The lowest BCUT2D eigenvalue weighted by Crippen LogP contribution is -2.09. The number of aromatic amines is 1. The predicted octanol–water partition coefficient (Wildman–Crippen LogP) is 1.98. The lowest BCUT2D eigenvalue weighted by molar-refractivity contribution is 0.289. The van der Waals surface area contributed by atoms with E-state index in [1.54, 1.807) is 6.33 Å². The predicted molar refractivity (Wildman–Crippen MR) is 68.0 cm³/mol. The second kappa shape index (κ2) is 5.50. The Morgan fingerprint density at radius 1 is 1.35 bits per heavy atom. The van der Waals surface area contributed by atoms with Crippen molar-refractivity contribution in [2.75, 3.05) is 13.7 Å². The summed E-state index contributed by atoms with van der Waals surface area (Å²) in [5.74, 6) is 1.02. The molecule has 0 aliphatic carbocycles. The van der Waals surface area contributed by atoms with Crippen LogP contribution in [0.25, 0.3) is 11.3 Å². The minimum atomic E-state index is 0.818. The van der Waals surface area contributed by atoms with Gasteiger partial charge in [-0.3, -0.25) is 0 Å². The average molecular weight is 231 g/mol. The number of H-pyrrole nitrogens is 1. The van der Waals surface area contributed by atoms with Gasteiger partial charge in [0.25, 0.3) is 0 Å². The first-order chi connectivity index (χ1) is 8.45. The highest BCUT2D eigenvalue weighted by atomic mass is 16.5. The molecule has 17 heavy (non-hydrogen) atoms. The van der Waals surface area contributed by atoms with E-state index >= 15 is 0 Å². The molecule has 1 aromatic carbocycles. The number of fused-ring (bicyclic) bond motifs is 1. The molecule has 2 heterocycles. The van der Waals surface area contributed by atoms with Gasteiger partial charge in [0.1, 0.15) is 5.75 Å². The first-order valence-corrected chi connectivity index (χ1v) is 5.76. The average Bonchev–Trinajstić information content (AvgIpc) is 2.94. The monoisotopic (exact) mass is 231 g/mol. The van der Waals surface area contributed by atoms with E-state index in [1.165, 1.54) is 12.6 Å². The van der Waals surface area contributed by atoms with Gasteiger partial charge in [-0.2, -0.15) is 0 Å². The Hall–Kier alpha value is -1.81. The lowest BCUT2D eigenvalue weighted by Gasteiger charge is -2.19. The zero-order valence-electron chi connectivity index (χ0n) is 9.94. The van der Waals surface area contributed by atoms with Crippen LogP contribution in [0, 0.1) is 0 Å². The summed E-state index contributed by atoms with van der Waals surface area (Å²) in [6.07, 6.45) is 5.74. The van der Waals surface area contributed by atoms with Gasteiger partial charge in [0.2, 0.25) is 0 Å². The molecule has 90 valence electrons. The van der Waals surface area contributed by atoms with Crippen LogP contribution in [-0.2, 0) is 6.42 Å². The van der Waals surface area contributed by atoms with Crippen LogP contribution in [0.15, 0.2) is 30.7 Å². The lowest BCUT2D eigenvalue weighted by atomic mass is 10.0. The fraction of sp³-hybridized carbons (Fsp3) is 0.308. The number of para-hydroxylation sites is 1. The Balaban J connectivity index is 0.000000514. The third kappa shape index (κ3) is 2.31. The summed E-state index contributed by atoms with van der Waals surface area (Å²) >= 11 is 0. The number of hydrogen-bond donors (Lipinski definition) is 2. The maximum Gasteiger partial charge on any atom is 0.131 e. The van der Waals surface area contributed by atoms with Gasteiger partial charge in [0, 0.05) is 5.56 Å². The number of hydrogen-bond acceptors (Lipinski definition) is 3. The number of aryl methyl sites for hydroxylation is 1. The van der Waals surface area contributed by atoms with E-state index in [-0.39, 0.29) is 0 Å². The zero-order valence-corrected chi connectivity index (χ0v) is 9.94. The Morgan fingerprint density at radius 3 is 3.00 bits per heavy atom. The molecule has 0 saturated heterocycles. The molecule has 4 heteroatoms. The van der Waals surface area contributed by atoms with Crippen molar-refractivity contribution in [2.24, 2.45) is 5.73 Å². The van der Waals surface area contributed by atoms with E-state index < -0.39 is 0 Å². The van der Waals surface area contributed by atoms with E-state index in [0.717, 1.165) is 36.5 Å². The molecule has 0 saturated carbocycles. The van der Waals surface area contributed by atoms with Gasteiger partial charge in [-0.05, 0) is 31.5 Å². The van der Waals surface area contributed by atoms with Crippen LogP contribution >= 0.6 is 0 Å². The molecule has 0 radical (unpaired) electrons. The van der Waals surface area contributed by atoms with Crippen LogP contribution in [0.3, 0.4) is 0 Å². The number of benzene rings is 1. The summed E-state index contributed by atoms with van der Waals surface area (Å²) in [5.41, 5.74) is 7.94. The van der Waals surface area contributed by atoms with Crippen molar-refractivity contribution in [1.82, 2.24) is 9.97 Å². The minimum Gasteiger partial charge on any atom is -0.493 e. The molecule has 0 spiro atoms. The van der Waals surface area contributed by atoms with Crippen molar-refractivity contribution >= 4 is 0 Å². The Labute approximate surface area is 101 Å². The second-order valence-electron chi connectivity index (χ2n) is 3.71. The van der Waals surface area contributed by atoms with Crippen molar-refractivity contribution in [2.45, 2.75) is 12.8 Å². The van der Waals surface area contributed by atoms with Crippen LogP contribution in [0.1, 0.15) is 12.0 Å². The highest BCUT2D eigenvalue weighted by molar-refractivity contribution is 5.69. The molecule has 0 atom stereocenters. The Kier molecular flexibility index (Phi) is 3.77. The quantitative estimate of drug-likeness (QED) is 0.788. The van der Waals surface area contributed by atoms with Crippen LogP contribution in [0.5, 0.6) is 5.75 Å². The van der Waals surface area contributed by atoms with Gasteiger partial charge in [0.05, 0.1) is 24.8 Å². The van der Waals surface area contributed by atoms with Gasteiger partial charge in [-0.15, -0.1) is 0 Å². The van der Waals surface area contributed by atoms with Crippen molar-refractivity contribution < 1.29 is 4.74 Å². The molecule has 0 fully saturated rings. The summed E-state index contributed by atoms with van der Waals surface area (Å²) in [6.45, 7) is 0.818. The fourth-order valence-electron chi connectivity index (χ4n) is 2.00. The molecule has 0 unspecified atom stereocenters. The molecule has 3 N–H and O–H groups in total. The first-order valence-electron chi connectivity index (χ1n) is 5.76. The molecule has 0 bridgehead atoms. The summed E-state index contributed by atoms with van der Waals surface area (Å²) in [6, 6.07) is 6.27. The maximum atomic E-state index is 5.73. The summed E-state index contributed by atoms with van der Waals surface area (Å²) in [7, 11) is 1.50. The smallest absolute Gasteiger partial charge is 0.131 e. The highest BCUT2D eigenvalue weighted by Crippen LogP contribution is 2.34. The molecular formula is C13H17N3O. The second-order valence-corrected chi connectivity index (χ2v) is 3.71. The standard InChI is InChI=1S/C12H12N2O.CH5N/c1-3-9-4-2-6-15-12(9)10(5-1)11-7-13-8-14-11;1-2/h1,3,5,7-8H,2,4,6H2,(H,13,14);2H2,1H3. The number of imidazole rings is 1. The van der Waals surface area contributed by atoms with Crippen LogP contribution < -0.4 is 10.5 Å². The first kappa shape index (κ1) is 11.7. The molecule has 0 amide bonds. The number of rotatable bonds is 1. The normalized spacial score (nSPS) is 13.1. The van der Waals surface area contributed by atoms with E-state index in [9.17, 15) is 0 Å². The fourth-order valence-corrected chi connectivity index (χ4v) is 2.00. The van der Waals surface area contributed by atoms with Crippen molar-refractivity contribution in [1.29, 1.82) is 0 Å². The van der Waals surface area contributed by atoms with Gasteiger partial charge in [-0.25, -0.2) is 4.98 Å². The Bertz CT molecular complexity index is 466. The SMILES string of the molecule is CN.c1cc2c(c(-c3cnc[nH]3)c1)OCCC2. The van der Waals surface area contributed by atoms with E-state index in [2.05, 4.69) is 33.9 Å². The number of aromatic nitrogens is 2. The number of ether oxygens (including phenoxy) is 1. The van der Waals surface area contributed by atoms with Gasteiger partial charge < -0.3 is 15.5 Å². The highest BCUT2D eigenvalue weighted by Gasteiger charge is 2.15. The minimum absolute atomic E-state index is 0.818. The molecule has 1 aromatic heterocycles. The van der Waals surface area contributed by atoms with Gasteiger partial charge in [0.15, 0.2) is 0 Å². The molecule has 4 nitrogen and oxygen atoms in total. The maximum absolute atomic E-state index is 5.73. The summed E-state index contributed by atoms with van der Waals surface area (Å²) < 4.78 is 5.73. The van der Waals surface area contributed by atoms with E-state index in [1.807, 2.05) is 6.20 Å². The van der Waals surface area contributed by atoms with E-state index in [0.29, 0.717) is 0 Å². The van der Waals surface area contributed by atoms with Gasteiger partial charge >= 0.3 is 0 Å². The molecule has 2 aromatic rings. The van der Waals surface area contributed by atoms with Crippen molar-refractivity contribution in [3.8, 4) is 17.0 Å². The third-order valence-electron chi connectivity index (χ3n) is 2.72. The van der Waals surface area contributed by atoms with Gasteiger partial charge in [-0.1, -0.05) is 12.1 Å². The zero-order chi connectivity index (χ0) is 12.1. The van der Waals surface area contributed by atoms with Crippen LogP contribution in [-0.4, -0.2) is 23.6 Å². The molecule has 1 aliphatic rings. The summed E-state index contributed by atoms with van der Waals surface area (Å²) in [4.78, 5) is 7.15. The topological polar surface area (TPSA) is 63.9 Å². The van der Waals surface area contributed by atoms with Crippen molar-refractivity contribution in [3.05, 3.63) is 36.3 Å². The Morgan fingerprint density at radius 2 is 2.24 bits per heavy atom. The molecule has 3 rings (SSSR count). The largest absolute Gasteiger partial charge is 0.493 e. The van der Waals surface area contributed by atoms with Crippen molar-refractivity contribution in [3.63, 3.8) is 0 Å². The number of nitrogens with two attached hydrogens (primary N) is 1. The van der Waals surface area contributed by atoms with Crippen LogP contribution in [0.4, 0.5) is 0 Å². The van der Waals surface area contributed by atoms with E-state index in [4.69, 9.17) is 4.74 Å². The number of nitrogens with one attached hydrogen (secondary N) is 1. The molecule has 1 aliphatic heterocycles. The third-order valence-corrected chi connectivity index (χ3v) is 2.72. The summed E-state index contributed by atoms with van der Waals surface area (Å²) in [5, 5.41) is 0. The van der Waals surface area contributed by atoms with Crippen LogP contribution in [0.2, 0.25) is 0 Å².